The molecule has 0 fully saturated rings. The molecule has 8 aromatic heterocycles. The molecule has 0 aliphatic heterocycles. The number of hydrogen-bond acceptors (Lipinski definition) is 18. The van der Waals surface area contributed by atoms with Crippen molar-refractivity contribution in [1.29, 1.82) is 0 Å². The smallest absolute Gasteiger partial charge is 0.213 e. The van der Waals surface area contributed by atoms with Gasteiger partial charge in [-0.15, -0.1) is 20.4 Å². The lowest BCUT2D eigenvalue weighted by molar-refractivity contribution is 0.326. The van der Waals surface area contributed by atoms with Gasteiger partial charge in [0.25, 0.3) is 0 Å². The highest BCUT2D eigenvalue weighted by Crippen LogP contribution is 2.34. The van der Waals surface area contributed by atoms with Crippen LogP contribution in [0.2, 0.25) is 10.0 Å². The number of nitrogens with one attached hydrogen (secondary N) is 5. The van der Waals surface area contributed by atoms with E-state index in [-0.39, 0.29) is 15.9 Å². The molecule has 5 N–H and O–H groups in total. The second-order valence-corrected chi connectivity index (χ2v) is 27.2. The summed E-state index contributed by atoms with van der Waals surface area (Å²) < 4.78 is 45.5. The van der Waals surface area contributed by atoms with Gasteiger partial charge in [-0.1, -0.05) is 192 Å². The van der Waals surface area contributed by atoms with E-state index >= 15 is 0 Å². The van der Waals surface area contributed by atoms with Crippen LogP contribution in [0.5, 0.6) is 5.88 Å². The molecule has 23 heteroatoms. The molecule has 600 valence electrons. The maximum absolute atomic E-state index is 13.5. The second-order valence-electron chi connectivity index (χ2n) is 26.3. The number of ether oxygens (including phenoxy) is 1. The van der Waals surface area contributed by atoms with Crippen LogP contribution in [0.3, 0.4) is 0 Å². The molecule has 0 spiro atoms. The molecular weight excluding hydrogens is 1520 g/mol. The first-order valence-corrected chi connectivity index (χ1v) is 39.9. The van der Waals surface area contributed by atoms with E-state index in [1.54, 1.807) is 55.2 Å². The van der Waals surface area contributed by atoms with Crippen molar-refractivity contribution in [2.45, 2.75) is 100 Å². The first-order valence-electron chi connectivity index (χ1n) is 39.1. The van der Waals surface area contributed by atoms with Crippen molar-refractivity contribution in [3.05, 3.63) is 364 Å². The molecule has 8 aromatic carbocycles. The number of anilines is 8. The average molecular weight is 1620 g/mol. The molecule has 0 saturated carbocycles. The van der Waals surface area contributed by atoms with Gasteiger partial charge in [0.1, 0.15) is 17.5 Å². The topological polar surface area (TPSA) is 224 Å². The van der Waals surface area contributed by atoms with Gasteiger partial charge in [0.2, 0.25) is 5.88 Å². The quantitative estimate of drug-likeness (QED) is 0.0314. The van der Waals surface area contributed by atoms with Gasteiger partial charge >= 0.3 is 0 Å². The zero-order chi connectivity index (χ0) is 83.2. The number of hydrogen-bond donors (Lipinski definition) is 5. The standard InChI is InChI=1S/C24H23ClFN5.C22H18ClFN4O.C20H15FN4.C20H16N4.C4H8.C3H8.C2H6/c1-2-10-27-14-17-15-28-11-9-16(17)12-23-19-5-3-4-6-20(19)24(31-30-23)29-18-7-8-22(26)21(25)13-18;1-2-29-21-12-14(9-10-25-21)11-20-16-5-3-4-6-17(16)22(28-27-20)26-15-7-8-19(24)18(23)13-15;21-15-5-7-16(8-6-15)23-20-18-4-2-1-3-17(18)19(24-25-20)13-14-9-11-22-12-10-14;1-2-6-16(7-3-1)22-20-18-9-5-4-8-17(18)19(23-24-20)14-15-10-12-21-13-11-15;1-3-4-2;1-3-2;1-2/h3-9,11,13,15,27H,2,10,12,14H2,1H3,(H,29,31);3-10,12-13H,2,11H2,1H3,(H,26,28);1-12H,13H2,(H,23,25);1-13H,14H2,(H,22,24);3-4H,1-2H3;3H2,1-2H3;1-2H3/b;;;;4-3+;;. The zero-order valence-corrected chi connectivity index (χ0v) is 68.7. The first kappa shape index (κ1) is 87.2. The summed E-state index contributed by atoms with van der Waals surface area (Å²) >= 11 is 11.8. The van der Waals surface area contributed by atoms with Crippen molar-refractivity contribution in [3.8, 4) is 5.88 Å². The van der Waals surface area contributed by atoms with Gasteiger partial charge < -0.3 is 31.3 Å². The number of halogens is 5. The number of aromatic nitrogens is 12. The van der Waals surface area contributed by atoms with Gasteiger partial charge in [-0.25, -0.2) is 18.2 Å². The third-order valence-electron chi connectivity index (χ3n) is 17.7. The summed E-state index contributed by atoms with van der Waals surface area (Å²) in [6.45, 7) is 18.6. The molecule has 0 unspecified atom stereocenters. The lowest BCUT2D eigenvalue weighted by Gasteiger charge is -2.13. The molecule has 118 heavy (non-hydrogen) atoms. The highest BCUT2D eigenvalue weighted by molar-refractivity contribution is 6.31. The first-order chi connectivity index (χ1) is 57.8. The summed E-state index contributed by atoms with van der Waals surface area (Å²) in [5.74, 6) is 2.00. The Bertz CT molecular complexity index is 5760. The fourth-order valence-electron chi connectivity index (χ4n) is 12.0. The van der Waals surface area contributed by atoms with Gasteiger partial charge in [0.15, 0.2) is 23.3 Å². The summed E-state index contributed by atoms with van der Waals surface area (Å²) in [4.78, 5) is 16.6. The summed E-state index contributed by atoms with van der Waals surface area (Å²) in [5, 5.41) is 59.9. The van der Waals surface area contributed by atoms with E-state index in [4.69, 9.17) is 27.9 Å². The Morgan fingerprint density at radius 3 is 1.14 bits per heavy atom. The van der Waals surface area contributed by atoms with Crippen LogP contribution in [0, 0.1) is 17.5 Å². The Kier molecular flexibility index (Phi) is 34.3. The molecule has 0 bridgehead atoms. The minimum absolute atomic E-state index is 0.0478. The molecule has 16 aromatic rings. The van der Waals surface area contributed by atoms with Crippen LogP contribution < -0.4 is 31.3 Å². The van der Waals surface area contributed by atoms with E-state index in [0.29, 0.717) is 60.6 Å². The van der Waals surface area contributed by atoms with Crippen molar-refractivity contribution >= 4 is 112 Å². The maximum atomic E-state index is 13.5. The van der Waals surface area contributed by atoms with Crippen LogP contribution in [0.1, 0.15) is 119 Å². The zero-order valence-electron chi connectivity index (χ0n) is 67.2. The summed E-state index contributed by atoms with van der Waals surface area (Å²) in [7, 11) is 0. The van der Waals surface area contributed by atoms with Gasteiger partial charge in [-0.3, -0.25) is 15.0 Å². The summed E-state index contributed by atoms with van der Waals surface area (Å²) in [6, 6.07) is 71.1. The SMILES string of the molecule is C/C=C/C.CC.CCC.CCCNCc1cnccc1Cc1nnc(Nc2ccc(F)c(Cl)c2)c2ccccc12.CCOc1cc(Cc2nnc(Nc3ccc(F)c(Cl)c3)c3ccccc23)ccn1.Fc1ccc(Nc2nnc(Cc3ccncc3)c3ccccc23)cc1.c1ccc(Nc2nnc(Cc3ccncc3)c3ccccc23)cc1. The Balaban J connectivity index is 0.000000161. The van der Waals surface area contributed by atoms with Crippen molar-refractivity contribution in [2.24, 2.45) is 0 Å². The largest absolute Gasteiger partial charge is 0.478 e. The fraction of sp³-hybridized carbons (Fsp3) is 0.179. The Labute approximate surface area is 697 Å². The molecule has 8 heterocycles. The third kappa shape index (κ3) is 25.4. The van der Waals surface area contributed by atoms with Gasteiger partial charge in [0, 0.05) is 148 Å². The second kappa shape index (κ2) is 46.4. The molecule has 18 nitrogen and oxygen atoms in total. The molecular formula is C95H94Cl2F3N17O. The van der Waals surface area contributed by atoms with E-state index in [1.807, 2.05) is 217 Å². The van der Waals surface area contributed by atoms with Crippen LogP contribution in [0.4, 0.5) is 59.2 Å². The van der Waals surface area contributed by atoms with E-state index < -0.39 is 11.6 Å². The molecule has 16 rings (SSSR count). The van der Waals surface area contributed by atoms with Crippen molar-refractivity contribution in [2.75, 3.05) is 34.4 Å². The van der Waals surface area contributed by atoms with Crippen LogP contribution in [-0.2, 0) is 32.2 Å². The predicted molar refractivity (Wildman–Crippen MR) is 476 cm³/mol. The molecule has 0 radical (unpaired) electrons. The monoisotopic (exact) mass is 1620 g/mol. The van der Waals surface area contributed by atoms with E-state index in [9.17, 15) is 13.2 Å². The normalized spacial score (nSPS) is 10.6. The Morgan fingerprint density at radius 1 is 0.364 bits per heavy atom. The van der Waals surface area contributed by atoms with E-state index in [0.717, 1.165) is 126 Å². The third-order valence-corrected chi connectivity index (χ3v) is 18.3. The maximum Gasteiger partial charge on any atom is 0.213 e. The molecule has 0 aliphatic carbocycles. The summed E-state index contributed by atoms with van der Waals surface area (Å²) in [5.41, 5.74) is 12.3. The number of fused-ring (bicyclic) bond motifs is 4. The van der Waals surface area contributed by atoms with Crippen molar-refractivity contribution in [1.82, 2.24) is 66.0 Å². The fourth-order valence-corrected chi connectivity index (χ4v) is 12.4. The van der Waals surface area contributed by atoms with Gasteiger partial charge in [-0.05, 0) is 171 Å². The van der Waals surface area contributed by atoms with Crippen LogP contribution in [-0.4, -0.2) is 73.9 Å². The molecule has 0 saturated heterocycles. The van der Waals surface area contributed by atoms with Crippen LogP contribution in [0.15, 0.2) is 286 Å². The summed E-state index contributed by atoms with van der Waals surface area (Å²) in [6.07, 6.45) is 21.6. The highest BCUT2D eigenvalue weighted by atomic mass is 35.5. The van der Waals surface area contributed by atoms with Crippen LogP contribution in [0.25, 0.3) is 43.1 Å². The lowest BCUT2D eigenvalue weighted by Crippen LogP contribution is -2.15. The minimum atomic E-state index is -0.465. The molecule has 0 amide bonds. The number of benzene rings is 8. The Hall–Kier alpha value is -13.2. The predicted octanol–water partition coefficient (Wildman–Crippen LogP) is 24.1. The molecule has 0 aliphatic rings. The molecule has 0 atom stereocenters. The number of para-hydroxylation sites is 1. The van der Waals surface area contributed by atoms with Crippen LogP contribution >= 0.6 is 23.2 Å². The minimum Gasteiger partial charge on any atom is -0.478 e. The highest BCUT2D eigenvalue weighted by Gasteiger charge is 2.17. The van der Waals surface area contributed by atoms with Gasteiger partial charge in [-0.2, -0.15) is 20.4 Å². The van der Waals surface area contributed by atoms with Crippen molar-refractivity contribution in [3.63, 3.8) is 0 Å². The number of pyridine rings is 4. The van der Waals surface area contributed by atoms with Crippen molar-refractivity contribution < 1.29 is 17.9 Å². The number of rotatable bonds is 22. The lowest BCUT2D eigenvalue weighted by atomic mass is 10.0. The van der Waals surface area contributed by atoms with Gasteiger partial charge in [0.05, 0.1) is 39.4 Å². The van der Waals surface area contributed by atoms with E-state index in [2.05, 4.69) is 120 Å². The number of nitrogens with zero attached hydrogens (tertiary/aromatic N) is 12. The average Bonchev–Trinajstić information content (AvgIpc) is 0.809. The Morgan fingerprint density at radius 2 is 0.729 bits per heavy atom. The van der Waals surface area contributed by atoms with E-state index in [1.165, 1.54) is 53.9 Å². The number of allylic oxidation sites excluding steroid dienone is 2.